The maximum Gasteiger partial charge on any atom is 0.162 e. The van der Waals surface area contributed by atoms with Gasteiger partial charge >= 0.3 is 0 Å². The van der Waals surface area contributed by atoms with Crippen molar-refractivity contribution in [1.29, 1.82) is 0 Å². The number of halogens is 1. The summed E-state index contributed by atoms with van der Waals surface area (Å²) in [6, 6.07) is 7.60. The topological polar surface area (TPSA) is 51.8 Å². The zero-order valence-corrected chi connectivity index (χ0v) is 11.2. The molecule has 0 unspecified atom stereocenters. The van der Waals surface area contributed by atoms with Crippen molar-refractivity contribution in [2.75, 3.05) is 5.73 Å². The van der Waals surface area contributed by atoms with Crippen molar-refractivity contribution in [2.24, 2.45) is 0 Å². The lowest BCUT2D eigenvalue weighted by atomic mass is 10.1. The summed E-state index contributed by atoms with van der Waals surface area (Å²) in [6.45, 7) is 1.98. The van der Waals surface area contributed by atoms with E-state index >= 15 is 0 Å². The molecule has 0 fully saturated rings. The molecule has 0 aliphatic heterocycles. The lowest BCUT2D eigenvalue weighted by Crippen LogP contribution is -1.97. The third-order valence-corrected chi connectivity index (χ3v) is 3.92. The van der Waals surface area contributed by atoms with Crippen molar-refractivity contribution in [3.05, 3.63) is 40.2 Å². The van der Waals surface area contributed by atoms with E-state index in [2.05, 4.69) is 9.97 Å². The Morgan fingerprint density at radius 2 is 2.06 bits per heavy atom. The van der Waals surface area contributed by atoms with E-state index in [1.54, 1.807) is 11.3 Å². The molecule has 0 aliphatic carbocycles. The lowest BCUT2D eigenvalue weighted by molar-refractivity contribution is 1.23. The Labute approximate surface area is 113 Å². The molecule has 0 saturated carbocycles. The molecule has 90 valence electrons. The first-order chi connectivity index (χ1) is 8.65. The fourth-order valence-corrected chi connectivity index (χ4v) is 2.85. The zero-order chi connectivity index (χ0) is 12.7. The first kappa shape index (κ1) is 11.4. The summed E-state index contributed by atoms with van der Waals surface area (Å²) < 4.78 is 0.936. The smallest absolute Gasteiger partial charge is 0.162 e. The number of aromatic nitrogens is 2. The Morgan fingerprint density at radius 3 is 2.83 bits per heavy atom. The van der Waals surface area contributed by atoms with E-state index in [0.717, 1.165) is 21.3 Å². The van der Waals surface area contributed by atoms with Crippen molar-refractivity contribution in [2.45, 2.75) is 6.92 Å². The lowest BCUT2D eigenvalue weighted by Gasteiger charge is -2.06. The zero-order valence-electron chi connectivity index (χ0n) is 9.64. The van der Waals surface area contributed by atoms with E-state index in [1.807, 2.05) is 36.6 Å². The van der Waals surface area contributed by atoms with Gasteiger partial charge in [0, 0.05) is 10.6 Å². The van der Waals surface area contributed by atoms with Gasteiger partial charge in [-0.25, -0.2) is 9.97 Å². The molecule has 2 aromatic heterocycles. The Hall–Kier alpha value is -1.65. The number of hydrogen-bond donors (Lipinski definition) is 1. The van der Waals surface area contributed by atoms with Gasteiger partial charge in [0.1, 0.15) is 5.82 Å². The van der Waals surface area contributed by atoms with Gasteiger partial charge in [-0.1, -0.05) is 11.6 Å². The van der Waals surface area contributed by atoms with Crippen molar-refractivity contribution >= 4 is 39.0 Å². The molecule has 0 radical (unpaired) electrons. The van der Waals surface area contributed by atoms with E-state index < -0.39 is 0 Å². The maximum absolute atomic E-state index is 5.95. The van der Waals surface area contributed by atoms with Gasteiger partial charge in [0.05, 0.1) is 10.2 Å². The van der Waals surface area contributed by atoms with Crippen molar-refractivity contribution in [1.82, 2.24) is 9.97 Å². The highest BCUT2D eigenvalue weighted by Gasteiger charge is 2.10. The van der Waals surface area contributed by atoms with Crippen LogP contribution in [0.4, 0.5) is 5.82 Å². The summed E-state index contributed by atoms with van der Waals surface area (Å²) in [5.41, 5.74) is 8.83. The number of nitrogens with two attached hydrogens (primary N) is 1. The summed E-state index contributed by atoms with van der Waals surface area (Å²) in [5.74, 6) is 1.17. The molecule has 2 heterocycles. The normalized spacial score (nSPS) is 11.0. The average molecular weight is 276 g/mol. The second kappa shape index (κ2) is 4.23. The molecule has 3 rings (SSSR count). The minimum Gasteiger partial charge on any atom is -0.382 e. The van der Waals surface area contributed by atoms with Gasteiger partial charge in [0.25, 0.3) is 0 Å². The number of fused-ring (bicyclic) bond motifs is 1. The van der Waals surface area contributed by atoms with Crippen LogP contribution in [0.5, 0.6) is 0 Å². The highest BCUT2D eigenvalue weighted by molar-refractivity contribution is 7.17. The number of nitrogens with zero attached hydrogens (tertiary/aromatic N) is 2. The molecule has 0 aliphatic rings. The maximum atomic E-state index is 5.95. The monoisotopic (exact) mass is 275 g/mol. The van der Waals surface area contributed by atoms with Crippen molar-refractivity contribution in [3.63, 3.8) is 0 Å². The number of anilines is 1. The van der Waals surface area contributed by atoms with Gasteiger partial charge in [-0.3, -0.25) is 0 Å². The van der Waals surface area contributed by atoms with Crippen LogP contribution >= 0.6 is 22.9 Å². The summed E-state index contributed by atoms with van der Waals surface area (Å²) in [7, 11) is 0. The summed E-state index contributed by atoms with van der Waals surface area (Å²) in [6.07, 6.45) is 0. The predicted octanol–water partition coefficient (Wildman–Crippen LogP) is 3.90. The summed E-state index contributed by atoms with van der Waals surface area (Å²) in [4.78, 5) is 8.90. The molecule has 3 aromatic rings. The van der Waals surface area contributed by atoms with Crippen LogP contribution in [0.3, 0.4) is 0 Å². The molecule has 0 spiro atoms. The van der Waals surface area contributed by atoms with Gasteiger partial charge in [-0.2, -0.15) is 0 Å². The summed E-state index contributed by atoms with van der Waals surface area (Å²) in [5, 5.41) is 2.68. The van der Waals surface area contributed by atoms with Gasteiger partial charge in [-0.05, 0) is 42.1 Å². The highest BCUT2D eigenvalue weighted by Crippen LogP contribution is 2.29. The second-order valence-electron chi connectivity index (χ2n) is 4.03. The molecule has 0 saturated heterocycles. The third kappa shape index (κ3) is 1.83. The van der Waals surface area contributed by atoms with E-state index in [-0.39, 0.29) is 0 Å². The average Bonchev–Trinajstić information content (AvgIpc) is 2.77. The Kier molecular flexibility index (Phi) is 2.69. The molecule has 5 heteroatoms. The Bertz CT molecular complexity index is 736. The van der Waals surface area contributed by atoms with E-state index in [1.165, 1.54) is 0 Å². The Balaban J connectivity index is 2.24. The SMILES string of the molecule is Cc1cc(Cl)ccc1-c1nc(N)c2sccc2n1. The highest BCUT2D eigenvalue weighted by atomic mass is 35.5. The number of hydrogen-bond acceptors (Lipinski definition) is 4. The minimum atomic E-state index is 0.527. The quantitative estimate of drug-likeness (QED) is 0.733. The van der Waals surface area contributed by atoms with Crippen LogP contribution in [-0.4, -0.2) is 9.97 Å². The van der Waals surface area contributed by atoms with Crippen LogP contribution in [0.15, 0.2) is 29.6 Å². The number of benzene rings is 1. The molecule has 0 bridgehead atoms. The van der Waals surface area contributed by atoms with Crippen LogP contribution in [-0.2, 0) is 0 Å². The van der Waals surface area contributed by atoms with Crippen LogP contribution < -0.4 is 5.73 Å². The van der Waals surface area contributed by atoms with Crippen LogP contribution in [0, 0.1) is 6.92 Å². The standard InChI is InChI=1S/C13H10ClN3S/c1-7-6-8(14)2-3-9(7)13-16-10-4-5-18-11(10)12(15)17-13/h2-6H,1H3,(H2,15,16,17). The number of nitrogen functional groups attached to an aromatic ring is 1. The van der Waals surface area contributed by atoms with Gasteiger partial charge in [0.2, 0.25) is 0 Å². The van der Waals surface area contributed by atoms with Crippen LogP contribution in [0.25, 0.3) is 21.6 Å². The fourth-order valence-electron chi connectivity index (χ4n) is 1.88. The van der Waals surface area contributed by atoms with Crippen LogP contribution in [0.1, 0.15) is 5.56 Å². The number of rotatable bonds is 1. The molecule has 18 heavy (non-hydrogen) atoms. The molecule has 1 aromatic carbocycles. The molecular formula is C13H10ClN3S. The van der Waals surface area contributed by atoms with Gasteiger partial charge in [0.15, 0.2) is 5.82 Å². The van der Waals surface area contributed by atoms with Crippen molar-refractivity contribution < 1.29 is 0 Å². The second-order valence-corrected chi connectivity index (χ2v) is 5.38. The third-order valence-electron chi connectivity index (χ3n) is 2.76. The van der Waals surface area contributed by atoms with Gasteiger partial charge < -0.3 is 5.73 Å². The molecule has 0 amide bonds. The molecule has 2 N–H and O–H groups in total. The minimum absolute atomic E-state index is 0.527. The Morgan fingerprint density at radius 1 is 1.22 bits per heavy atom. The van der Waals surface area contributed by atoms with E-state index in [4.69, 9.17) is 17.3 Å². The largest absolute Gasteiger partial charge is 0.382 e. The summed E-state index contributed by atoms with van der Waals surface area (Å²) >= 11 is 7.50. The van der Waals surface area contributed by atoms with E-state index in [0.29, 0.717) is 16.7 Å². The first-order valence-corrected chi connectivity index (χ1v) is 6.68. The molecular weight excluding hydrogens is 266 g/mol. The molecule has 3 nitrogen and oxygen atoms in total. The van der Waals surface area contributed by atoms with E-state index in [9.17, 15) is 0 Å². The molecule has 0 atom stereocenters. The fraction of sp³-hybridized carbons (Fsp3) is 0.0769. The van der Waals surface area contributed by atoms with Gasteiger partial charge in [-0.15, -0.1) is 11.3 Å². The van der Waals surface area contributed by atoms with Crippen LogP contribution in [0.2, 0.25) is 5.02 Å². The predicted molar refractivity (Wildman–Crippen MR) is 77.0 cm³/mol. The van der Waals surface area contributed by atoms with Crippen molar-refractivity contribution in [3.8, 4) is 11.4 Å². The number of thiophene rings is 1. The number of aryl methyl sites for hydroxylation is 1. The first-order valence-electron chi connectivity index (χ1n) is 5.42.